The van der Waals surface area contributed by atoms with Crippen molar-refractivity contribution in [3.05, 3.63) is 58.9 Å². The summed E-state index contributed by atoms with van der Waals surface area (Å²) in [5, 5.41) is 0.852. The van der Waals surface area contributed by atoms with E-state index in [1.54, 1.807) is 18.4 Å². The number of fused-ring (bicyclic) bond motifs is 2. The van der Waals surface area contributed by atoms with Crippen molar-refractivity contribution in [2.45, 2.75) is 19.8 Å². The molecular formula is C27H29N5O3S. The number of aromatic nitrogens is 3. The van der Waals surface area contributed by atoms with Crippen molar-refractivity contribution in [1.29, 1.82) is 0 Å². The van der Waals surface area contributed by atoms with Crippen LogP contribution < -0.4 is 9.64 Å². The monoisotopic (exact) mass is 503 g/mol. The number of H-pyrrole nitrogens is 1. The third-order valence-electron chi connectivity index (χ3n) is 7.04. The van der Waals surface area contributed by atoms with E-state index in [1.807, 2.05) is 42.2 Å². The van der Waals surface area contributed by atoms with Gasteiger partial charge in [-0.2, -0.15) is 0 Å². The topological polar surface area (TPSA) is 83.6 Å². The second-order valence-electron chi connectivity index (χ2n) is 9.20. The first kappa shape index (κ1) is 23.0. The number of hydrogen-bond acceptors (Lipinski definition) is 7. The Morgan fingerprint density at radius 1 is 1.06 bits per heavy atom. The van der Waals surface area contributed by atoms with Crippen LogP contribution >= 0.6 is 11.3 Å². The number of morpholine rings is 1. The van der Waals surface area contributed by atoms with Crippen LogP contribution in [0.5, 0.6) is 5.75 Å². The summed E-state index contributed by atoms with van der Waals surface area (Å²) in [6.07, 6.45) is 1.46. The van der Waals surface area contributed by atoms with E-state index in [1.165, 1.54) is 0 Å². The van der Waals surface area contributed by atoms with Crippen molar-refractivity contribution in [3.63, 3.8) is 0 Å². The fraction of sp³-hybridized carbons (Fsp3) is 0.370. The summed E-state index contributed by atoms with van der Waals surface area (Å²) < 4.78 is 12.3. The Hall–Kier alpha value is -3.43. The summed E-state index contributed by atoms with van der Waals surface area (Å²) in [6, 6.07) is 11.9. The molecule has 0 unspecified atom stereocenters. The van der Waals surface area contributed by atoms with Crippen LogP contribution in [-0.4, -0.2) is 72.3 Å². The maximum Gasteiger partial charge on any atom is 0.254 e. The van der Waals surface area contributed by atoms with Crippen LogP contribution in [0.1, 0.15) is 27.3 Å². The molecule has 1 saturated heterocycles. The molecule has 36 heavy (non-hydrogen) atoms. The van der Waals surface area contributed by atoms with Gasteiger partial charge >= 0.3 is 0 Å². The Labute approximate surface area is 213 Å². The molecule has 9 heteroatoms. The third kappa shape index (κ3) is 4.12. The molecule has 1 N–H and O–H groups in total. The van der Waals surface area contributed by atoms with Gasteiger partial charge in [0, 0.05) is 50.3 Å². The molecule has 0 radical (unpaired) electrons. The largest absolute Gasteiger partial charge is 0.494 e. The van der Waals surface area contributed by atoms with Gasteiger partial charge < -0.3 is 24.3 Å². The molecular weight excluding hydrogens is 474 g/mol. The fourth-order valence-corrected chi connectivity index (χ4v) is 6.10. The molecule has 0 atom stereocenters. The van der Waals surface area contributed by atoms with Crippen molar-refractivity contribution in [2.24, 2.45) is 0 Å². The predicted octanol–water partition coefficient (Wildman–Crippen LogP) is 4.08. The van der Waals surface area contributed by atoms with Gasteiger partial charge in [-0.15, -0.1) is 11.3 Å². The average molecular weight is 504 g/mol. The first-order valence-corrected chi connectivity index (χ1v) is 13.2. The van der Waals surface area contributed by atoms with E-state index >= 15 is 0 Å². The maximum absolute atomic E-state index is 13.1. The number of rotatable bonds is 4. The SMILES string of the molecule is COc1ccc(N2CCOCC2)c2sc(-c3nc4c([nH]3)CCN(C(=O)c3ccccc3C)CC4)nc12. The zero-order valence-electron chi connectivity index (χ0n) is 20.5. The average Bonchev–Trinajstić information content (AvgIpc) is 3.48. The van der Waals surface area contributed by atoms with Crippen LogP contribution in [0.15, 0.2) is 36.4 Å². The minimum absolute atomic E-state index is 0.0902. The van der Waals surface area contributed by atoms with Crippen LogP contribution in [0.2, 0.25) is 0 Å². The molecule has 186 valence electrons. The third-order valence-corrected chi connectivity index (χ3v) is 8.12. The lowest BCUT2D eigenvalue weighted by atomic mass is 10.1. The highest BCUT2D eigenvalue weighted by molar-refractivity contribution is 7.22. The number of nitrogens with one attached hydrogen (secondary N) is 1. The normalized spacial score (nSPS) is 16.2. The van der Waals surface area contributed by atoms with E-state index in [2.05, 4.69) is 16.0 Å². The quantitative estimate of drug-likeness (QED) is 0.452. The highest BCUT2D eigenvalue weighted by Crippen LogP contribution is 2.40. The molecule has 2 aromatic carbocycles. The molecule has 4 aromatic rings. The molecule has 2 aliphatic rings. The van der Waals surface area contributed by atoms with Gasteiger partial charge in [0.25, 0.3) is 5.91 Å². The highest BCUT2D eigenvalue weighted by Gasteiger charge is 2.25. The van der Waals surface area contributed by atoms with Crippen molar-refractivity contribution in [2.75, 3.05) is 51.4 Å². The Kier molecular flexibility index (Phi) is 6.10. The standard InChI is InChI=1S/C27H29N5O3S/c1-17-5-3-4-6-18(17)27(33)32-11-9-19-20(10-12-32)29-25(28-19)26-30-23-22(34-2)8-7-21(24(23)36-26)31-13-15-35-16-14-31/h3-8H,9-16H2,1-2H3,(H,28,29). The molecule has 1 fully saturated rings. The van der Waals surface area contributed by atoms with Gasteiger partial charge in [0.05, 0.1) is 36.4 Å². The molecule has 4 heterocycles. The summed E-state index contributed by atoms with van der Waals surface area (Å²) in [5.41, 5.74) is 5.92. The molecule has 0 aliphatic carbocycles. The van der Waals surface area contributed by atoms with E-state index in [4.69, 9.17) is 19.4 Å². The summed E-state index contributed by atoms with van der Waals surface area (Å²) in [7, 11) is 1.68. The Bertz CT molecular complexity index is 1400. The maximum atomic E-state index is 13.1. The number of anilines is 1. The zero-order chi connectivity index (χ0) is 24.6. The van der Waals surface area contributed by atoms with E-state index in [9.17, 15) is 4.79 Å². The summed E-state index contributed by atoms with van der Waals surface area (Å²) in [6.45, 7) is 6.48. The number of benzene rings is 2. The molecule has 2 aliphatic heterocycles. The van der Waals surface area contributed by atoms with E-state index in [0.29, 0.717) is 13.1 Å². The Morgan fingerprint density at radius 2 is 1.86 bits per heavy atom. The lowest BCUT2D eigenvalue weighted by Crippen LogP contribution is -2.36. The van der Waals surface area contributed by atoms with Crippen molar-refractivity contribution in [3.8, 4) is 16.6 Å². The van der Waals surface area contributed by atoms with E-state index in [0.717, 1.165) is 94.1 Å². The van der Waals surface area contributed by atoms with Crippen LogP contribution in [0.25, 0.3) is 21.0 Å². The summed E-state index contributed by atoms with van der Waals surface area (Å²) in [5.74, 6) is 1.64. The van der Waals surface area contributed by atoms with Gasteiger partial charge in [0.2, 0.25) is 0 Å². The number of amides is 1. The number of imidazole rings is 1. The molecule has 1 amide bonds. The predicted molar refractivity (Wildman–Crippen MR) is 141 cm³/mol. The minimum atomic E-state index is 0.0902. The van der Waals surface area contributed by atoms with Crippen molar-refractivity contribution in [1.82, 2.24) is 19.9 Å². The number of ether oxygens (including phenoxy) is 2. The summed E-state index contributed by atoms with van der Waals surface area (Å²) in [4.78, 5) is 30.8. The Balaban J connectivity index is 1.27. The lowest BCUT2D eigenvalue weighted by molar-refractivity contribution is 0.0762. The molecule has 6 rings (SSSR count). The number of carbonyl (C=O) groups is 1. The molecule has 8 nitrogen and oxygen atoms in total. The van der Waals surface area contributed by atoms with Gasteiger partial charge in [-0.25, -0.2) is 9.97 Å². The van der Waals surface area contributed by atoms with Gasteiger partial charge in [-0.05, 0) is 30.7 Å². The van der Waals surface area contributed by atoms with Crippen LogP contribution in [0, 0.1) is 6.92 Å². The first-order chi connectivity index (χ1) is 17.6. The van der Waals surface area contributed by atoms with Crippen molar-refractivity contribution >= 4 is 33.1 Å². The van der Waals surface area contributed by atoms with Crippen molar-refractivity contribution < 1.29 is 14.3 Å². The van der Waals surface area contributed by atoms with E-state index in [-0.39, 0.29) is 5.91 Å². The molecule has 0 bridgehead atoms. The van der Waals surface area contributed by atoms with Crippen LogP contribution in [0.3, 0.4) is 0 Å². The van der Waals surface area contributed by atoms with Gasteiger partial charge in [0.1, 0.15) is 11.3 Å². The second-order valence-corrected chi connectivity index (χ2v) is 10.2. The first-order valence-electron chi connectivity index (χ1n) is 12.4. The second kappa shape index (κ2) is 9.55. The summed E-state index contributed by atoms with van der Waals surface area (Å²) >= 11 is 1.64. The molecule has 0 spiro atoms. The molecule has 0 saturated carbocycles. The number of aryl methyl sites for hydroxylation is 1. The van der Waals surface area contributed by atoms with E-state index < -0.39 is 0 Å². The van der Waals surface area contributed by atoms with Gasteiger partial charge in [0.15, 0.2) is 10.8 Å². The number of thiazole rings is 1. The number of carbonyl (C=O) groups excluding carboxylic acids is 1. The molecule has 2 aromatic heterocycles. The van der Waals surface area contributed by atoms with Crippen LogP contribution in [-0.2, 0) is 17.6 Å². The van der Waals surface area contributed by atoms with Gasteiger partial charge in [-0.1, -0.05) is 18.2 Å². The number of hydrogen-bond donors (Lipinski definition) is 1. The van der Waals surface area contributed by atoms with Crippen LogP contribution in [0.4, 0.5) is 5.69 Å². The van der Waals surface area contributed by atoms with Gasteiger partial charge in [-0.3, -0.25) is 4.79 Å². The Morgan fingerprint density at radius 3 is 2.67 bits per heavy atom. The number of methoxy groups -OCH3 is 1. The number of nitrogens with zero attached hydrogens (tertiary/aromatic N) is 4. The number of aromatic amines is 1. The minimum Gasteiger partial charge on any atom is -0.494 e. The fourth-order valence-electron chi connectivity index (χ4n) is 5.04. The lowest BCUT2D eigenvalue weighted by Gasteiger charge is -2.29. The smallest absolute Gasteiger partial charge is 0.254 e. The zero-order valence-corrected chi connectivity index (χ0v) is 21.4. The highest BCUT2D eigenvalue weighted by atomic mass is 32.1.